The Bertz CT molecular complexity index is 404. The number of hydrogen-bond acceptors (Lipinski definition) is 3. The summed E-state index contributed by atoms with van der Waals surface area (Å²) in [6, 6.07) is 3.96. The van der Waals surface area contributed by atoms with Crippen LogP contribution in [-0.2, 0) is 5.41 Å². The topological polar surface area (TPSA) is 30.5 Å². The lowest BCUT2D eigenvalue weighted by Crippen LogP contribution is -2.27. The number of nitrogens with one attached hydrogen (secondary N) is 1. The average molecular weight is 242 g/mol. The fourth-order valence-corrected chi connectivity index (χ4v) is 2.23. The van der Waals surface area contributed by atoms with Crippen molar-refractivity contribution in [1.29, 1.82) is 0 Å². The van der Waals surface area contributed by atoms with E-state index in [2.05, 4.69) is 18.7 Å². The van der Waals surface area contributed by atoms with Gasteiger partial charge in [0, 0.05) is 17.3 Å². The van der Waals surface area contributed by atoms with E-state index in [4.69, 9.17) is 21.3 Å². The molecule has 2 rings (SSSR count). The van der Waals surface area contributed by atoms with Crippen molar-refractivity contribution in [3.8, 4) is 11.5 Å². The second kappa shape index (κ2) is 4.06. The van der Waals surface area contributed by atoms with Crippen LogP contribution in [0.1, 0.15) is 25.8 Å². The van der Waals surface area contributed by atoms with Crippen molar-refractivity contribution >= 4 is 17.5 Å². The molecule has 0 amide bonds. The molecule has 4 heteroatoms. The molecule has 0 unspecified atom stereocenters. The van der Waals surface area contributed by atoms with E-state index in [1.807, 2.05) is 12.1 Å². The zero-order valence-corrected chi connectivity index (χ0v) is 10.5. The van der Waals surface area contributed by atoms with Gasteiger partial charge in [-0.05, 0) is 17.9 Å². The third-order valence-electron chi connectivity index (χ3n) is 3.14. The molecule has 0 saturated heterocycles. The molecule has 0 aromatic heterocycles. The van der Waals surface area contributed by atoms with Gasteiger partial charge < -0.3 is 9.47 Å². The summed E-state index contributed by atoms with van der Waals surface area (Å²) in [6.45, 7) is 5.12. The first-order valence-corrected chi connectivity index (χ1v) is 5.69. The van der Waals surface area contributed by atoms with Crippen LogP contribution in [0, 0.1) is 0 Å². The molecule has 16 heavy (non-hydrogen) atoms. The van der Waals surface area contributed by atoms with Gasteiger partial charge in [-0.1, -0.05) is 19.9 Å². The fraction of sp³-hybridized carbons (Fsp3) is 0.500. The van der Waals surface area contributed by atoms with E-state index >= 15 is 0 Å². The number of halogens is 1. The smallest absolute Gasteiger partial charge is 0.151 e. The van der Waals surface area contributed by atoms with E-state index in [1.54, 1.807) is 7.11 Å². The predicted octanol–water partition coefficient (Wildman–Crippen LogP) is 3.32. The molecule has 1 N–H and O–H groups in total. The van der Waals surface area contributed by atoms with E-state index in [1.165, 1.54) is 5.56 Å². The van der Waals surface area contributed by atoms with Crippen LogP contribution in [0.5, 0.6) is 11.5 Å². The van der Waals surface area contributed by atoms with Crippen LogP contribution in [0.15, 0.2) is 12.1 Å². The van der Waals surface area contributed by atoms with Gasteiger partial charge in [0.2, 0.25) is 0 Å². The largest absolute Gasteiger partial charge is 0.494 e. The second-order valence-electron chi connectivity index (χ2n) is 4.60. The SMILES string of the molecule is COc1ccc2c(c1NCl)OCCC2(C)C. The summed E-state index contributed by atoms with van der Waals surface area (Å²) < 4.78 is 10.9. The van der Waals surface area contributed by atoms with Gasteiger partial charge in [0.05, 0.1) is 13.7 Å². The van der Waals surface area contributed by atoms with Crippen molar-refractivity contribution in [2.75, 3.05) is 18.6 Å². The molecule has 3 nitrogen and oxygen atoms in total. The molecule has 0 radical (unpaired) electrons. The molecule has 0 fully saturated rings. The maximum atomic E-state index is 5.73. The molecule has 1 aromatic carbocycles. The highest BCUT2D eigenvalue weighted by atomic mass is 35.5. The zero-order chi connectivity index (χ0) is 11.8. The molecule has 0 atom stereocenters. The first-order chi connectivity index (χ1) is 7.60. The minimum Gasteiger partial charge on any atom is -0.494 e. The van der Waals surface area contributed by atoms with E-state index in [0.717, 1.165) is 17.9 Å². The first kappa shape index (κ1) is 11.4. The number of anilines is 1. The Hall–Kier alpha value is -1.09. The van der Waals surface area contributed by atoms with Crippen LogP contribution < -0.4 is 14.3 Å². The van der Waals surface area contributed by atoms with Crippen molar-refractivity contribution in [3.63, 3.8) is 0 Å². The summed E-state index contributed by atoms with van der Waals surface area (Å²) in [7, 11) is 1.62. The summed E-state index contributed by atoms with van der Waals surface area (Å²) in [5, 5.41) is 0. The maximum absolute atomic E-state index is 5.73. The fourth-order valence-electron chi connectivity index (χ4n) is 2.05. The maximum Gasteiger partial charge on any atom is 0.151 e. The van der Waals surface area contributed by atoms with Crippen molar-refractivity contribution in [2.45, 2.75) is 25.7 Å². The normalized spacial score (nSPS) is 17.2. The number of ether oxygens (including phenoxy) is 2. The molecular formula is C12H16ClNO2. The van der Waals surface area contributed by atoms with E-state index in [0.29, 0.717) is 12.4 Å². The third-order valence-corrected chi connectivity index (χ3v) is 3.33. The molecule has 1 aliphatic rings. The molecule has 1 heterocycles. The molecule has 0 saturated carbocycles. The molecular weight excluding hydrogens is 226 g/mol. The van der Waals surface area contributed by atoms with Crippen LogP contribution in [-0.4, -0.2) is 13.7 Å². The molecule has 1 aliphatic heterocycles. The van der Waals surface area contributed by atoms with Gasteiger partial charge in [-0.3, -0.25) is 4.84 Å². The van der Waals surface area contributed by atoms with Crippen LogP contribution in [0.4, 0.5) is 5.69 Å². The predicted molar refractivity (Wildman–Crippen MR) is 65.6 cm³/mol. The van der Waals surface area contributed by atoms with Crippen molar-refractivity contribution < 1.29 is 9.47 Å². The zero-order valence-electron chi connectivity index (χ0n) is 9.76. The quantitative estimate of drug-likeness (QED) is 0.806. The van der Waals surface area contributed by atoms with E-state index < -0.39 is 0 Å². The highest BCUT2D eigenvalue weighted by Crippen LogP contribution is 2.46. The Labute approximate surface area is 101 Å². The van der Waals surface area contributed by atoms with Crippen LogP contribution in [0.2, 0.25) is 0 Å². The van der Waals surface area contributed by atoms with Gasteiger partial charge in [0.15, 0.2) is 5.75 Å². The Morgan fingerprint density at radius 2 is 2.19 bits per heavy atom. The Balaban J connectivity index is 2.60. The summed E-state index contributed by atoms with van der Waals surface area (Å²) in [5.74, 6) is 1.51. The van der Waals surface area contributed by atoms with Gasteiger partial charge in [-0.25, -0.2) is 0 Å². The lowest BCUT2D eigenvalue weighted by atomic mass is 9.79. The van der Waals surface area contributed by atoms with E-state index in [9.17, 15) is 0 Å². The first-order valence-electron chi connectivity index (χ1n) is 5.31. The van der Waals surface area contributed by atoms with Gasteiger partial charge in [-0.15, -0.1) is 0 Å². The highest BCUT2D eigenvalue weighted by molar-refractivity contribution is 6.25. The minimum absolute atomic E-state index is 0.113. The summed E-state index contributed by atoms with van der Waals surface area (Å²) in [4.78, 5) is 2.63. The molecule has 0 bridgehead atoms. The highest BCUT2D eigenvalue weighted by Gasteiger charge is 2.31. The Kier molecular flexibility index (Phi) is 2.89. The monoisotopic (exact) mass is 241 g/mol. The number of benzene rings is 1. The third kappa shape index (κ3) is 1.69. The summed E-state index contributed by atoms with van der Waals surface area (Å²) in [6.07, 6.45) is 1.01. The number of hydrogen-bond donors (Lipinski definition) is 1. The van der Waals surface area contributed by atoms with Gasteiger partial charge in [-0.2, -0.15) is 0 Å². The van der Waals surface area contributed by atoms with Crippen LogP contribution in [0.3, 0.4) is 0 Å². The van der Waals surface area contributed by atoms with Gasteiger partial charge in [0.25, 0.3) is 0 Å². The van der Waals surface area contributed by atoms with Crippen molar-refractivity contribution in [2.24, 2.45) is 0 Å². The Morgan fingerprint density at radius 1 is 1.44 bits per heavy atom. The number of fused-ring (bicyclic) bond motifs is 1. The standard InChI is InChI=1S/C12H16ClNO2/c1-12(2)6-7-16-11-8(12)4-5-9(15-3)10(11)14-13/h4-5,14H,6-7H2,1-3H3. The molecule has 1 aromatic rings. The summed E-state index contributed by atoms with van der Waals surface area (Å²) >= 11 is 5.73. The molecule has 0 spiro atoms. The summed E-state index contributed by atoms with van der Waals surface area (Å²) in [5.41, 5.74) is 2.00. The Morgan fingerprint density at radius 3 is 2.81 bits per heavy atom. The number of rotatable bonds is 2. The van der Waals surface area contributed by atoms with Gasteiger partial charge >= 0.3 is 0 Å². The minimum atomic E-state index is 0.113. The molecule has 0 aliphatic carbocycles. The van der Waals surface area contributed by atoms with E-state index in [-0.39, 0.29) is 5.41 Å². The van der Waals surface area contributed by atoms with Crippen LogP contribution in [0.25, 0.3) is 0 Å². The van der Waals surface area contributed by atoms with Crippen molar-refractivity contribution in [1.82, 2.24) is 0 Å². The molecule has 88 valence electrons. The van der Waals surface area contributed by atoms with Gasteiger partial charge in [0.1, 0.15) is 11.4 Å². The second-order valence-corrected chi connectivity index (χ2v) is 4.79. The van der Waals surface area contributed by atoms with Crippen molar-refractivity contribution in [3.05, 3.63) is 17.7 Å². The lowest BCUT2D eigenvalue weighted by molar-refractivity contribution is 0.234. The number of methoxy groups -OCH3 is 1. The average Bonchev–Trinajstić information content (AvgIpc) is 2.27. The lowest BCUT2D eigenvalue weighted by Gasteiger charge is -2.33. The van der Waals surface area contributed by atoms with Crippen LogP contribution >= 0.6 is 11.8 Å².